The molecule has 0 heterocycles. The summed E-state index contributed by atoms with van der Waals surface area (Å²) in [6.07, 6.45) is 0.196. The fraction of sp³-hybridized carbons (Fsp3) is 0.161. The Labute approximate surface area is 264 Å². The van der Waals surface area contributed by atoms with Crippen LogP contribution in [0.1, 0.15) is 11.1 Å². The average molecular weight is 689 g/mol. The Bertz CT molecular complexity index is 1640. The number of amides is 2. The average Bonchev–Trinajstić information content (AvgIpc) is 2.99. The molecule has 0 aromatic heterocycles. The van der Waals surface area contributed by atoms with Gasteiger partial charge >= 0.3 is 0 Å². The molecule has 1 N–H and O–H groups in total. The molecule has 0 bridgehead atoms. The molecule has 4 rings (SSSR count). The molecular formula is C31H28BrCl2N3O4S. The van der Waals surface area contributed by atoms with Crippen molar-refractivity contribution in [2.75, 3.05) is 17.9 Å². The van der Waals surface area contributed by atoms with Crippen LogP contribution in [0.25, 0.3) is 0 Å². The maximum Gasteiger partial charge on any atom is 0.264 e. The van der Waals surface area contributed by atoms with E-state index >= 15 is 0 Å². The molecule has 0 aliphatic carbocycles. The van der Waals surface area contributed by atoms with E-state index < -0.39 is 34.4 Å². The lowest BCUT2D eigenvalue weighted by Crippen LogP contribution is -2.53. The van der Waals surface area contributed by atoms with Crippen LogP contribution in [0.2, 0.25) is 10.0 Å². The number of hydrogen-bond acceptors (Lipinski definition) is 4. The number of rotatable bonds is 11. The Morgan fingerprint density at radius 3 is 2.10 bits per heavy atom. The first-order chi connectivity index (χ1) is 20.1. The molecule has 0 saturated carbocycles. The fourth-order valence-electron chi connectivity index (χ4n) is 4.41. The van der Waals surface area contributed by atoms with Gasteiger partial charge in [0.15, 0.2) is 0 Å². The maximum absolute atomic E-state index is 14.3. The lowest BCUT2D eigenvalue weighted by atomic mass is 10.0. The number of hydrogen-bond donors (Lipinski definition) is 1. The first kappa shape index (κ1) is 31.6. The molecule has 0 fully saturated rings. The van der Waals surface area contributed by atoms with Gasteiger partial charge in [-0.25, -0.2) is 8.42 Å². The van der Waals surface area contributed by atoms with Crippen LogP contribution < -0.4 is 9.62 Å². The normalized spacial score (nSPS) is 11.9. The highest BCUT2D eigenvalue weighted by Gasteiger charge is 2.34. The lowest BCUT2D eigenvalue weighted by Gasteiger charge is -2.33. The summed E-state index contributed by atoms with van der Waals surface area (Å²) in [6, 6.07) is 27.7. The summed E-state index contributed by atoms with van der Waals surface area (Å²) in [7, 11) is -2.67. The van der Waals surface area contributed by atoms with Crippen molar-refractivity contribution in [2.24, 2.45) is 0 Å². The van der Waals surface area contributed by atoms with Crippen molar-refractivity contribution in [3.63, 3.8) is 0 Å². The van der Waals surface area contributed by atoms with Crippen LogP contribution in [0.15, 0.2) is 112 Å². The third-order valence-electron chi connectivity index (χ3n) is 6.60. The Kier molecular flexibility index (Phi) is 10.7. The van der Waals surface area contributed by atoms with Crippen LogP contribution in [0.3, 0.4) is 0 Å². The topological polar surface area (TPSA) is 86.8 Å². The molecule has 218 valence electrons. The number of carbonyl (C=O) groups excluding carboxylic acids is 2. The zero-order valence-electron chi connectivity index (χ0n) is 22.6. The van der Waals surface area contributed by atoms with Crippen LogP contribution in [0.4, 0.5) is 5.69 Å². The number of likely N-dealkylation sites (N-methyl/N-ethyl adjacent to an activating group) is 1. The Balaban J connectivity index is 1.79. The van der Waals surface area contributed by atoms with E-state index in [1.165, 1.54) is 24.1 Å². The van der Waals surface area contributed by atoms with Crippen LogP contribution in [-0.2, 0) is 32.6 Å². The summed E-state index contributed by atoms with van der Waals surface area (Å²) in [4.78, 5) is 29.0. The molecule has 0 saturated heterocycles. The predicted octanol–water partition coefficient (Wildman–Crippen LogP) is 6.34. The molecule has 0 aliphatic rings. The van der Waals surface area contributed by atoms with Gasteiger partial charge in [0, 0.05) is 34.5 Å². The molecular weight excluding hydrogens is 661 g/mol. The van der Waals surface area contributed by atoms with E-state index in [1.807, 2.05) is 30.3 Å². The van der Waals surface area contributed by atoms with Gasteiger partial charge in [0.1, 0.15) is 12.6 Å². The molecule has 42 heavy (non-hydrogen) atoms. The first-order valence-electron chi connectivity index (χ1n) is 12.9. The molecule has 0 aliphatic heterocycles. The largest absolute Gasteiger partial charge is 0.357 e. The molecule has 4 aromatic rings. The van der Waals surface area contributed by atoms with E-state index in [1.54, 1.807) is 60.7 Å². The van der Waals surface area contributed by atoms with Crippen LogP contribution >= 0.6 is 39.1 Å². The zero-order valence-corrected chi connectivity index (χ0v) is 26.5. The minimum absolute atomic E-state index is 0.0279. The van der Waals surface area contributed by atoms with E-state index in [9.17, 15) is 18.0 Å². The van der Waals surface area contributed by atoms with Crippen molar-refractivity contribution in [1.82, 2.24) is 10.2 Å². The number of sulfonamides is 1. The third-order valence-corrected chi connectivity index (χ3v) is 9.50. The van der Waals surface area contributed by atoms with Gasteiger partial charge in [-0.2, -0.15) is 0 Å². The van der Waals surface area contributed by atoms with Crippen molar-refractivity contribution < 1.29 is 18.0 Å². The number of anilines is 1. The molecule has 1 atom stereocenters. The van der Waals surface area contributed by atoms with Gasteiger partial charge in [0.25, 0.3) is 10.0 Å². The third kappa shape index (κ3) is 7.72. The molecule has 7 nitrogen and oxygen atoms in total. The van der Waals surface area contributed by atoms with Gasteiger partial charge < -0.3 is 10.2 Å². The number of nitrogens with zero attached hydrogens (tertiary/aromatic N) is 2. The molecule has 11 heteroatoms. The highest BCUT2D eigenvalue weighted by Crippen LogP contribution is 2.28. The van der Waals surface area contributed by atoms with Gasteiger partial charge in [-0.3, -0.25) is 13.9 Å². The van der Waals surface area contributed by atoms with Crippen molar-refractivity contribution in [2.45, 2.75) is 23.9 Å². The summed E-state index contributed by atoms with van der Waals surface area (Å²) < 4.78 is 29.6. The van der Waals surface area contributed by atoms with Gasteiger partial charge in [-0.15, -0.1) is 0 Å². The summed E-state index contributed by atoms with van der Waals surface area (Å²) in [5.74, 6) is -0.994. The van der Waals surface area contributed by atoms with Gasteiger partial charge in [0.05, 0.1) is 10.6 Å². The van der Waals surface area contributed by atoms with E-state index in [-0.39, 0.29) is 17.9 Å². The Hall–Kier alpha value is -3.37. The minimum Gasteiger partial charge on any atom is -0.357 e. The van der Waals surface area contributed by atoms with Crippen LogP contribution in [0.5, 0.6) is 0 Å². The molecule has 0 spiro atoms. The molecule has 0 unspecified atom stereocenters. The SMILES string of the molecule is CNC(=O)[C@@H](Cc1ccccc1)N(Cc1ccc(Cl)cc1Cl)C(=O)CN(c1ccc(Br)cc1)S(=O)(=O)c1ccccc1. The standard InChI is InChI=1S/C31H28BrCl2N3O4S/c1-35-31(39)29(18-22-8-4-2-5-9-22)36(20-23-12-15-25(33)19-28(23)34)30(38)21-37(26-16-13-24(32)14-17-26)42(40,41)27-10-6-3-7-11-27/h2-17,19,29H,18,20-21H2,1H3,(H,35,39)/t29-/m1/s1. The first-order valence-corrected chi connectivity index (χ1v) is 15.9. The van der Waals surface area contributed by atoms with Crippen LogP contribution in [-0.4, -0.2) is 44.8 Å². The second-order valence-corrected chi connectivity index (χ2v) is 13.0. The number of halogens is 3. The molecule has 0 radical (unpaired) electrons. The van der Waals surface area contributed by atoms with Gasteiger partial charge in [-0.05, 0) is 59.7 Å². The highest BCUT2D eigenvalue weighted by molar-refractivity contribution is 9.10. The second kappa shape index (κ2) is 14.2. The monoisotopic (exact) mass is 687 g/mol. The van der Waals surface area contributed by atoms with E-state index in [0.29, 0.717) is 21.3 Å². The number of carbonyl (C=O) groups is 2. The van der Waals surface area contributed by atoms with Crippen molar-refractivity contribution in [3.8, 4) is 0 Å². The lowest BCUT2D eigenvalue weighted by molar-refractivity contribution is -0.139. The highest BCUT2D eigenvalue weighted by atomic mass is 79.9. The number of benzene rings is 4. The Morgan fingerprint density at radius 2 is 1.50 bits per heavy atom. The van der Waals surface area contributed by atoms with Gasteiger partial charge in [-0.1, -0.05) is 93.7 Å². The summed E-state index contributed by atoms with van der Waals surface area (Å²) in [5.41, 5.74) is 1.67. The second-order valence-electron chi connectivity index (χ2n) is 9.38. The van der Waals surface area contributed by atoms with E-state index in [4.69, 9.17) is 23.2 Å². The van der Waals surface area contributed by atoms with Crippen LogP contribution in [0, 0.1) is 0 Å². The molecule has 4 aromatic carbocycles. The maximum atomic E-state index is 14.3. The Morgan fingerprint density at radius 1 is 0.881 bits per heavy atom. The van der Waals surface area contributed by atoms with Gasteiger partial charge in [0.2, 0.25) is 11.8 Å². The van der Waals surface area contributed by atoms with Crippen molar-refractivity contribution in [1.29, 1.82) is 0 Å². The smallest absolute Gasteiger partial charge is 0.264 e. The number of nitrogens with one attached hydrogen (secondary N) is 1. The fourth-order valence-corrected chi connectivity index (χ4v) is 6.58. The minimum atomic E-state index is -4.17. The summed E-state index contributed by atoms with van der Waals surface area (Å²) in [5, 5.41) is 3.39. The zero-order chi connectivity index (χ0) is 30.3. The molecule has 2 amide bonds. The quantitative estimate of drug-likeness (QED) is 0.199. The predicted molar refractivity (Wildman–Crippen MR) is 170 cm³/mol. The summed E-state index contributed by atoms with van der Waals surface area (Å²) in [6.45, 7) is -0.619. The van der Waals surface area contributed by atoms with Crippen molar-refractivity contribution in [3.05, 3.63) is 129 Å². The van der Waals surface area contributed by atoms with E-state index in [2.05, 4.69) is 21.2 Å². The summed E-state index contributed by atoms with van der Waals surface area (Å²) >= 11 is 16.0. The van der Waals surface area contributed by atoms with Crippen molar-refractivity contribution >= 4 is 66.7 Å². The van der Waals surface area contributed by atoms with E-state index in [0.717, 1.165) is 14.3 Å².